The number of hydrogen-bond acceptors (Lipinski definition) is 3. The minimum atomic E-state index is 0.222. The van der Waals surface area contributed by atoms with Crippen LogP contribution in [0, 0.1) is 0 Å². The molecule has 0 heterocycles. The van der Waals surface area contributed by atoms with Gasteiger partial charge in [-0.25, -0.2) is 0 Å². The van der Waals surface area contributed by atoms with Crippen molar-refractivity contribution in [3.63, 3.8) is 0 Å². The van der Waals surface area contributed by atoms with E-state index in [1.165, 1.54) is 5.56 Å². The van der Waals surface area contributed by atoms with Crippen LogP contribution in [0.4, 0.5) is 0 Å². The molecule has 96 valence electrons. The topological polar surface area (TPSA) is 47.3 Å². The van der Waals surface area contributed by atoms with E-state index in [2.05, 4.69) is 31.3 Å². The molecule has 3 nitrogen and oxygen atoms in total. The lowest BCUT2D eigenvalue weighted by atomic mass is 10.1. The van der Waals surface area contributed by atoms with Crippen LogP contribution in [0.1, 0.15) is 38.3 Å². The van der Waals surface area contributed by atoms with Crippen LogP contribution in [0.15, 0.2) is 24.3 Å². The van der Waals surface area contributed by atoms with Crippen molar-refractivity contribution in [2.75, 3.05) is 19.7 Å². The molecular formula is C14H24N2O. The second-order valence-electron chi connectivity index (χ2n) is 4.16. The van der Waals surface area contributed by atoms with E-state index in [0.29, 0.717) is 6.54 Å². The van der Waals surface area contributed by atoms with Gasteiger partial charge in [-0.05, 0) is 37.1 Å². The molecule has 0 aromatic heterocycles. The number of benzene rings is 1. The fourth-order valence-electron chi connectivity index (χ4n) is 1.70. The van der Waals surface area contributed by atoms with Gasteiger partial charge >= 0.3 is 0 Å². The van der Waals surface area contributed by atoms with E-state index in [0.717, 1.165) is 31.7 Å². The summed E-state index contributed by atoms with van der Waals surface area (Å²) >= 11 is 0. The zero-order chi connectivity index (χ0) is 12.5. The molecule has 1 atom stereocenters. The highest BCUT2D eigenvalue weighted by molar-refractivity contribution is 5.30. The van der Waals surface area contributed by atoms with Crippen molar-refractivity contribution >= 4 is 0 Å². The first-order valence-corrected chi connectivity index (χ1v) is 6.48. The minimum absolute atomic E-state index is 0.222. The summed E-state index contributed by atoms with van der Waals surface area (Å²) in [7, 11) is 0. The first kappa shape index (κ1) is 14.0. The van der Waals surface area contributed by atoms with E-state index < -0.39 is 0 Å². The molecule has 0 bridgehead atoms. The fourth-order valence-corrected chi connectivity index (χ4v) is 1.70. The Balaban J connectivity index is 2.66. The van der Waals surface area contributed by atoms with Crippen LogP contribution in [0.2, 0.25) is 0 Å². The maximum absolute atomic E-state index is 5.79. The zero-order valence-electron chi connectivity index (χ0n) is 10.9. The maximum Gasteiger partial charge on any atom is 0.119 e. The SMILES string of the molecule is CCCNC(CN)c1cccc(OCCC)c1. The van der Waals surface area contributed by atoms with Crippen LogP contribution in [0.3, 0.4) is 0 Å². The van der Waals surface area contributed by atoms with Gasteiger partial charge in [-0.2, -0.15) is 0 Å². The van der Waals surface area contributed by atoms with Gasteiger partial charge in [0.1, 0.15) is 5.75 Å². The van der Waals surface area contributed by atoms with Crippen LogP contribution >= 0.6 is 0 Å². The smallest absolute Gasteiger partial charge is 0.119 e. The molecule has 0 aliphatic heterocycles. The Morgan fingerprint density at radius 3 is 2.76 bits per heavy atom. The third-order valence-corrected chi connectivity index (χ3v) is 2.61. The molecule has 0 amide bonds. The van der Waals surface area contributed by atoms with Gasteiger partial charge in [0, 0.05) is 12.6 Å². The molecule has 0 aliphatic rings. The van der Waals surface area contributed by atoms with Gasteiger partial charge in [0.25, 0.3) is 0 Å². The van der Waals surface area contributed by atoms with E-state index in [9.17, 15) is 0 Å². The first-order valence-electron chi connectivity index (χ1n) is 6.48. The molecule has 0 aliphatic carbocycles. The molecule has 3 N–H and O–H groups in total. The summed E-state index contributed by atoms with van der Waals surface area (Å²) in [6.07, 6.45) is 2.14. The maximum atomic E-state index is 5.79. The Bertz CT molecular complexity index is 315. The molecule has 1 aromatic carbocycles. The van der Waals surface area contributed by atoms with Crippen LogP contribution in [0.5, 0.6) is 5.75 Å². The molecule has 0 fully saturated rings. The molecule has 3 heteroatoms. The number of ether oxygens (including phenoxy) is 1. The highest BCUT2D eigenvalue weighted by Gasteiger charge is 2.08. The van der Waals surface area contributed by atoms with Crippen molar-refractivity contribution in [2.24, 2.45) is 5.73 Å². The Labute approximate surface area is 104 Å². The predicted octanol–water partition coefficient (Wildman–Crippen LogP) is 2.47. The van der Waals surface area contributed by atoms with Gasteiger partial charge in [-0.1, -0.05) is 26.0 Å². The van der Waals surface area contributed by atoms with Crippen molar-refractivity contribution in [3.8, 4) is 5.75 Å². The van der Waals surface area contributed by atoms with Gasteiger partial charge < -0.3 is 15.8 Å². The lowest BCUT2D eigenvalue weighted by molar-refractivity contribution is 0.316. The van der Waals surface area contributed by atoms with Crippen molar-refractivity contribution in [3.05, 3.63) is 29.8 Å². The monoisotopic (exact) mass is 236 g/mol. The summed E-state index contributed by atoms with van der Waals surface area (Å²) in [5.41, 5.74) is 7.00. The lowest BCUT2D eigenvalue weighted by Crippen LogP contribution is -2.28. The van der Waals surface area contributed by atoms with Crippen molar-refractivity contribution in [1.29, 1.82) is 0 Å². The molecule has 0 radical (unpaired) electrons. The van der Waals surface area contributed by atoms with Crippen LogP contribution in [-0.2, 0) is 0 Å². The minimum Gasteiger partial charge on any atom is -0.494 e. The molecule has 1 rings (SSSR count). The standard InChI is InChI=1S/C14H24N2O/c1-3-8-16-14(11-15)12-6-5-7-13(10-12)17-9-4-2/h5-7,10,14,16H,3-4,8-9,11,15H2,1-2H3. The highest BCUT2D eigenvalue weighted by Crippen LogP contribution is 2.19. The molecule has 0 saturated carbocycles. The summed E-state index contributed by atoms with van der Waals surface area (Å²) in [4.78, 5) is 0. The Kier molecular flexibility index (Phi) is 6.67. The van der Waals surface area contributed by atoms with Crippen molar-refractivity contribution in [1.82, 2.24) is 5.32 Å². The number of nitrogens with one attached hydrogen (secondary N) is 1. The normalized spacial score (nSPS) is 12.4. The third kappa shape index (κ3) is 4.75. The summed E-state index contributed by atoms with van der Waals surface area (Å²) in [6, 6.07) is 8.41. The largest absolute Gasteiger partial charge is 0.494 e. The fraction of sp³-hybridized carbons (Fsp3) is 0.571. The molecule has 17 heavy (non-hydrogen) atoms. The average molecular weight is 236 g/mol. The average Bonchev–Trinajstić information content (AvgIpc) is 2.38. The summed E-state index contributed by atoms with van der Waals surface area (Å²) < 4.78 is 5.63. The van der Waals surface area contributed by atoms with Gasteiger partial charge in [0.2, 0.25) is 0 Å². The van der Waals surface area contributed by atoms with E-state index in [1.54, 1.807) is 0 Å². The molecule has 0 saturated heterocycles. The van der Waals surface area contributed by atoms with Gasteiger partial charge in [0.05, 0.1) is 6.61 Å². The zero-order valence-corrected chi connectivity index (χ0v) is 10.9. The van der Waals surface area contributed by atoms with Crippen LogP contribution < -0.4 is 15.8 Å². The molecular weight excluding hydrogens is 212 g/mol. The number of nitrogens with two attached hydrogens (primary N) is 1. The Morgan fingerprint density at radius 2 is 2.12 bits per heavy atom. The van der Waals surface area contributed by atoms with Crippen molar-refractivity contribution < 1.29 is 4.74 Å². The van der Waals surface area contributed by atoms with E-state index in [4.69, 9.17) is 10.5 Å². The molecule has 1 aromatic rings. The summed E-state index contributed by atoms with van der Waals surface area (Å²) in [5.74, 6) is 0.932. The van der Waals surface area contributed by atoms with E-state index in [-0.39, 0.29) is 6.04 Å². The van der Waals surface area contributed by atoms with Gasteiger partial charge in [-0.15, -0.1) is 0 Å². The van der Waals surface area contributed by atoms with E-state index >= 15 is 0 Å². The van der Waals surface area contributed by atoms with Crippen LogP contribution in [-0.4, -0.2) is 19.7 Å². The second-order valence-corrected chi connectivity index (χ2v) is 4.16. The van der Waals surface area contributed by atoms with E-state index in [1.807, 2.05) is 12.1 Å². The summed E-state index contributed by atoms with van der Waals surface area (Å²) in [5, 5.41) is 3.44. The lowest BCUT2D eigenvalue weighted by Gasteiger charge is -2.17. The molecule has 1 unspecified atom stereocenters. The first-order chi connectivity index (χ1) is 8.31. The Hall–Kier alpha value is -1.06. The summed E-state index contributed by atoms with van der Waals surface area (Å²) in [6.45, 7) is 6.62. The number of hydrogen-bond donors (Lipinski definition) is 2. The van der Waals surface area contributed by atoms with Gasteiger partial charge in [0.15, 0.2) is 0 Å². The number of rotatable bonds is 8. The quantitative estimate of drug-likeness (QED) is 0.729. The predicted molar refractivity (Wildman–Crippen MR) is 72.3 cm³/mol. The highest BCUT2D eigenvalue weighted by atomic mass is 16.5. The molecule has 0 spiro atoms. The second kappa shape index (κ2) is 8.09. The van der Waals surface area contributed by atoms with Crippen LogP contribution in [0.25, 0.3) is 0 Å². The van der Waals surface area contributed by atoms with Gasteiger partial charge in [-0.3, -0.25) is 0 Å². The third-order valence-electron chi connectivity index (χ3n) is 2.61. The van der Waals surface area contributed by atoms with Crippen molar-refractivity contribution in [2.45, 2.75) is 32.7 Å². The Morgan fingerprint density at radius 1 is 1.29 bits per heavy atom.